The highest BCUT2D eigenvalue weighted by molar-refractivity contribution is 6.32. The van der Waals surface area contributed by atoms with Crippen LogP contribution in [0.4, 0.5) is 5.69 Å². The summed E-state index contributed by atoms with van der Waals surface area (Å²) in [5, 5.41) is 3.96. The van der Waals surface area contributed by atoms with Gasteiger partial charge in [0.05, 0.1) is 24.3 Å². The van der Waals surface area contributed by atoms with Gasteiger partial charge in [0, 0.05) is 16.8 Å². The monoisotopic (exact) mass is 502 g/mol. The number of benzene rings is 2. The molecule has 10 heteroatoms. The Morgan fingerprint density at radius 3 is 2.53 bits per heavy atom. The zero-order valence-electron chi connectivity index (χ0n) is 18.9. The fourth-order valence-corrected chi connectivity index (χ4v) is 3.33. The minimum Gasteiger partial charge on any atom is -0.489 e. The van der Waals surface area contributed by atoms with E-state index in [1.54, 1.807) is 49.4 Å². The standard InChI is InChI=1S/C24H24Cl2N4O4/c1-4-33-23(31)20(29-18-9-10-21(19(26)11-18)34-15(2)3)12-22-27-14-28-24(32)30(22)13-16-5-7-17(25)8-6-16/h5-12,14-15,29H,4,13H2,1-3H3. The summed E-state index contributed by atoms with van der Waals surface area (Å²) >= 11 is 12.3. The third-order valence-electron chi connectivity index (χ3n) is 4.46. The van der Waals surface area contributed by atoms with Crippen LogP contribution in [0.1, 0.15) is 32.2 Å². The molecule has 1 aromatic heterocycles. The van der Waals surface area contributed by atoms with Crippen LogP contribution in [0.15, 0.2) is 59.3 Å². The summed E-state index contributed by atoms with van der Waals surface area (Å²) in [5.74, 6) is 0.123. The molecule has 0 saturated heterocycles. The first kappa shape index (κ1) is 25.3. The lowest BCUT2D eigenvalue weighted by atomic mass is 10.2. The van der Waals surface area contributed by atoms with Gasteiger partial charge in [-0.05, 0) is 56.7 Å². The van der Waals surface area contributed by atoms with Gasteiger partial charge in [-0.25, -0.2) is 14.6 Å². The van der Waals surface area contributed by atoms with Crippen molar-refractivity contribution in [2.75, 3.05) is 11.9 Å². The summed E-state index contributed by atoms with van der Waals surface area (Å²) in [4.78, 5) is 33.1. The van der Waals surface area contributed by atoms with Gasteiger partial charge in [-0.3, -0.25) is 4.57 Å². The van der Waals surface area contributed by atoms with Crippen molar-refractivity contribution < 1.29 is 14.3 Å². The SMILES string of the molecule is CCOC(=O)C(=Cc1ncnc(=O)n1Cc1ccc(Cl)cc1)Nc1ccc(OC(C)C)c(Cl)c1. The Morgan fingerprint density at radius 2 is 1.88 bits per heavy atom. The van der Waals surface area contributed by atoms with E-state index in [0.717, 1.165) is 11.9 Å². The molecule has 0 atom stereocenters. The van der Waals surface area contributed by atoms with Crippen molar-refractivity contribution in [2.45, 2.75) is 33.4 Å². The lowest BCUT2D eigenvalue weighted by Crippen LogP contribution is -2.27. The molecule has 3 aromatic rings. The van der Waals surface area contributed by atoms with Gasteiger partial charge >= 0.3 is 11.7 Å². The predicted octanol–water partition coefficient (Wildman–Crippen LogP) is 4.80. The summed E-state index contributed by atoms with van der Waals surface area (Å²) in [7, 11) is 0. The van der Waals surface area contributed by atoms with Crippen LogP contribution in [0.3, 0.4) is 0 Å². The fourth-order valence-electron chi connectivity index (χ4n) is 2.98. The number of rotatable bonds is 9. The molecule has 3 rings (SSSR count). The summed E-state index contributed by atoms with van der Waals surface area (Å²) in [5.41, 5.74) is 0.895. The molecule has 0 aliphatic heterocycles. The van der Waals surface area contributed by atoms with Gasteiger partial charge in [-0.15, -0.1) is 0 Å². The molecule has 1 N–H and O–H groups in total. The van der Waals surface area contributed by atoms with E-state index in [2.05, 4.69) is 15.3 Å². The number of carbonyl (C=O) groups excluding carboxylic acids is 1. The van der Waals surface area contributed by atoms with Crippen LogP contribution in [-0.4, -0.2) is 33.2 Å². The maximum atomic E-state index is 12.7. The van der Waals surface area contributed by atoms with Gasteiger partial charge in [-0.1, -0.05) is 35.3 Å². The summed E-state index contributed by atoms with van der Waals surface area (Å²) in [6, 6.07) is 12.1. The Kier molecular flexibility index (Phi) is 8.67. The normalized spacial score (nSPS) is 11.4. The second-order valence-corrected chi connectivity index (χ2v) is 8.29. The molecule has 0 radical (unpaired) electrons. The van der Waals surface area contributed by atoms with Crippen LogP contribution < -0.4 is 15.7 Å². The number of anilines is 1. The molecule has 0 aliphatic carbocycles. The van der Waals surface area contributed by atoms with Crippen molar-refractivity contribution in [1.82, 2.24) is 14.5 Å². The Hall–Kier alpha value is -3.36. The molecule has 0 bridgehead atoms. The van der Waals surface area contributed by atoms with Crippen LogP contribution in [0.25, 0.3) is 6.08 Å². The van der Waals surface area contributed by atoms with Crippen LogP contribution in [-0.2, 0) is 16.1 Å². The number of carbonyl (C=O) groups is 1. The lowest BCUT2D eigenvalue weighted by molar-refractivity contribution is -0.138. The Morgan fingerprint density at radius 1 is 1.15 bits per heavy atom. The molecule has 34 heavy (non-hydrogen) atoms. The van der Waals surface area contributed by atoms with Crippen molar-refractivity contribution in [2.24, 2.45) is 0 Å². The van der Waals surface area contributed by atoms with E-state index in [1.807, 2.05) is 13.8 Å². The van der Waals surface area contributed by atoms with E-state index in [4.69, 9.17) is 32.7 Å². The molecule has 0 unspecified atom stereocenters. The highest BCUT2D eigenvalue weighted by Crippen LogP contribution is 2.29. The van der Waals surface area contributed by atoms with E-state index < -0.39 is 11.7 Å². The van der Waals surface area contributed by atoms with Crippen LogP contribution in [0.2, 0.25) is 10.0 Å². The molecule has 2 aromatic carbocycles. The van der Waals surface area contributed by atoms with Crippen molar-refractivity contribution in [3.63, 3.8) is 0 Å². The average Bonchev–Trinajstić information content (AvgIpc) is 2.78. The molecule has 178 valence electrons. The van der Waals surface area contributed by atoms with Gasteiger partial charge in [0.2, 0.25) is 0 Å². The van der Waals surface area contributed by atoms with Gasteiger partial charge < -0.3 is 14.8 Å². The molecule has 0 amide bonds. The van der Waals surface area contributed by atoms with Crippen LogP contribution in [0, 0.1) is 0 Å². The summed E-state index contributed by atoms with van der Waals surface area (Å²) in [6.07, 6.45) is 2.54. The quantitative estimate of drug-likeness (QED) is 0.331. The molecule has 8 nitrogen and oxygen atoms in total. The third-order valence-corrected chi connectivity index (χ3v) is 5.01. The highest BCUT2D eigenvalue weighted by atomic mass is 35.5. The predicted molar refractivity (Wildman–Crippen MR) is 132 cm³/mol. The third kappa shape index (κ3) is 6.82. The molecule has 0 spiro atoms. The number of hydrogen-bond donors (Lipinski definition) is 1. The maximum Gasteiger partial charge on any atom is 0.354 e. The largest absolute Gasteiger partial charge is 0.489 e. The van der Waals surface area contributed by atoms with Crippen molar-refractivity contribution >= 4 is 40.9 Å². The van der Waals surface area contributed by atoms with E-state index in [-0.39, 0.29) is 30.8 Å². The van der Waals surface area contributed by atoms with Crippen molar-refractivity contribution in [1.29, 1.82) is 0 Å². The molecule has 1 heterocycles. The number of nitrogens with zero attached hydrogens (tertiary/aromatic N) is 3. The Labute approximate surface area is 207 Å². The number of hydrogen-bond acceptors (Lipinski definition) is 7. The summed E-state index contributed by atoms with van der Waals surface area (Å²) in [6.45, 7) is 5.85. The van der Waals surface area contributed by atoms with Gasteiger partial charge in [0.15, 0.2) is 0 Å². The maximum absolute atomic E-state index is 12.7. The Bertz CT molecular complexity index is 1240. The molecule has 0 fully saturated rings. The smallest absolute Gasteiger partial charge is 0.354 e. The Balaban J connectivity index is 1.97. The number of esters is 1. The summed E-state index contributed by atoms with van der Waals surface area (Å²) < 4.78 is 12.2. The van der Waals surface area contributed by atoms with E-state index in [9.17, 15) is 9.59 Å². The fraction of sp³-hybridized carbons (Fsp3) is 0.250. The van der Waals surface area contributed by atoms with Crippen molar-refractivity contribution in [3.8, 4) is 5.75 Å². The molecule has 0 aliphatic rings. The highest BCUT2D eigenvalue weighted by Gasteiger charge is 2.15. The first-order chi connectivity index (χ1) is 16.3. The molecule has 0 saturated carbocycles. The van der Waals surface area contributed by atoms with Gasteiger partial charge in [0.25, 0.3) is 0 Å². The average molecular weight is 503 g/mol. The second kappa shape index (κ2) is 11.7. The minimum atomic E-state index is -0.620. The molecular weight excluding hydrogens is 479 g/mol. The number of aromatic nitrogens is 3. The van der Waals surface area contributed by atoms with E-state index in [1.165, 1.54) is 10.6 Å². The van der Waals surface area contributed by atoms with Gasteiger partial charge in [-0.2, -0.15) is 4.98 Å². The first-order valence-corrected chi connectivity index (χ1v) is 11.3. The number of nitrogens with one attached hydrogen (secondary N) is 1. The topological polar surface area (TPSA) is 95.3 Å². The number of ether oxygens (including phenoxy) is 2. The zero-order valence-corrected chi connectivity index (χ0v) is 20.4. The van der Waals surface area contributed by atoms with Crippen LogP contribution >= 0.6 is 23.2 Å². The van der Waals surface area contributed by atoms with E-state index in [0.29, 0.717) is 21.5 Å². The van der Waals surface area contributed by atoms with Crippen LogP contribution in [0.5, 0.6) is 5.75 Å². The first-order valence-electron chi connectivity index (χ1n) is 10.5. The lowest BCUT2D eigenvalue weighted by Gasteiger charge is -2.15. The van der Waals surface area contributed by atoms with E-state index >= 15 is 0 Å². The minimum absolute atomic E-state index is 0.0403. The van der Waals surface area contributed by atoms with Gasteiger partial charge in [0.1, 0.15) is 23.6 Å². The van der Waals surface area contributed by atoms with Crippen molar-refractivity contribution in [3.05, 3.63) is 86.4 Å². The zero-order chi connectivity index (χ0) is 24.7. The second-order valence-electron chi connectivity index (χ2n) is 7.44. The number of halogens is 2. The molecular formula is C24H24Cl2N4O4.